The molecule has 0 amide bonds. The van der Waals surface area contributed by atoms with E-state index in [0.717, 1.165) is 3.90 Å². The van der Waals surface area contributed by atoms with Crippen LogP contribution < -0.4 is 0 Å². The monoisotopic (exact) mass is 167 g/mol. The first-order valence-corrected chi connectivity index (χ1v) is 3.46. The second-order valence-electron chi connectivity index (χ2n) is 0.817. The van der Waals surface area contributed by atoms with E-state index in [1.165, 1.54) is 0 Å². The molecule has 0 spiro atoms. The predicted molar refractivity (Wildman–Crippen MR) is 26.2 cm³/mol. The van der Waals surface area contributed by atoms with Crippen molar-refractivity contribution in [3.05, 3.63) is 16.2 Å². The SMILES string of the molecule is Clc1ccn[se]1. The maximum absolute atomic E-state index is 5.48. The van der Waals surface area contributed by atoms with Crippen LogP contribution >= 0.6 is 11.6 Å². The van der Waals surface area contributed by atoms with Crippen molar-refractivity contribution in [1.82, 2.24) is 3.98 Å². The van der Waals surface area contributed by atoms with E-state index in [0.29, 0.717) is 0 Å². The first kappa shape index (κ1) is 4.38. The zero-order valence-corrected chi connectivity index (χ0v) is 5.36. The Labute approximate surface area is 46.9 Å². The fourth-order valence-corrected chi connectivity index (χ4v) is 1.19. The van der Waals surface area contributed by atoms with Crippen LogP contribution in [0.4, 0.5) is 0 Å². The van der Waals surface area contributed by atoms with Gasteiger partial charge >= 0.3 is 46.5 Å². The number of hydrogen-bond donors (Lipinski definition) is 0. The molecule has 0 saturated heterocycles. The van der Waals surface area contributed by atoms with Crippen LogP contribution in [-0.4, -0.2) is 18.7 Å². The molecule has 3 heteroatoms. The third-order valence-corrected chi connectivity index (χ3v) is 2.02. The summed E-state index contributed by atoms with van der Waals surface area (Å²) >= 11 is 5.70. The normalized spacial score (nSPS) is 8.83. The van der Waals surface area contributed by atoms with Crippen molar-refractivity contribution in [3.8, 4) is 0 Å². The van der Waals surface area contributed by atoms with Gasteiger partial charge in [-0.3, -0.25) is 0 Å². The minimum absolute atomic E-state index is 0.224. The van der Waals surface area contributed by atoms with Gasteiger partial charge in [0.1, 0.15) is 0 Å². The van der Waals surface area contributed by atoms with E-state index in [4.69, 9.17) is 11.6 Å². The summed E-state index contributed by atoms with van der Waals surface area (Å²) in [5, 5.41) is 0. The molecule has 32 valence electrons. The number of hydrogen-bond acceptors (Lipinski definition) is 1. The molecular weight excluding hydrogens is 164 g/mol. The molecule has 0 atom stereocenters. The molecule has 0 N–H and O–H groups in total. The van der Waals surface area contributed by atoms with Crippen LogP contribution in [0.25, 0.3) is 0 Å². The molecule has 0 bridgehead atoms. The van der Waals surface area contributed by atoms with Crippen LogP contribution in [0.5, 0.6) is 0 Å². The van der Waals surface area contributed by atoms with Crippen LogP contribution in [0.3, 0.4) is 0 Å². The maximum atomic E-state index is 5.48. The Morgan fingerprint density at radius 3 is 2.83 bits per heavy atom. The van der Waals surface area contributed by atoms with Gasteiger partial charge in [-0.2, -0.15) is 0 Å². The third kappa shape index (κ3) is 0.839. The average Bonchev–Trinajstić information content (AvgIpc) is 1.86. The van der Waals surface area contributed by atoms with Gasteiger partial charge in [-0.05, 0) is 0 Å². The van der Waals surface area contributed by atoms with E-state index in [2.05, 4.69) is 3.98 Å². The van der Waals surface area contributed by atoms with Crippen molar-refractivity contribution < 1.29 is 0 Å². The molecule has 0 aliphatic carbocycles. The van der Waals surface area contributed by atoms with Gasteiger partial charge in [0, 0.05) is 0 Å². The molecule has 0 radical (unpaired) electrons. The summed E-state index contributed by atoms with van der Waals surface area (Å²) in [5.74, 6) is 0. The summed E-state index contributed by atoms with van der Waals surface area (Å²) < 4.78 is 4.77. The van der Waals surface area contributed by atoms with Gasteiger partial charge in [-0.25, -0.2) is 0 Å². The summed E-state index contributed by atoms with van der Waals surface area (Å²) in [6.07, 6.45) is 1.74. The summed E-state index contributed by atoms with van der Waals surface area (Å²) in [4.78, 5) is 0. The van der Waals surface area contributed by atoms with Gasteiger partial charge in [-0.15, -0.1) is 0 Å². The Bertz CT molecular complexity index is 114. The van der Waals surface area contributed by atoms with E-state index >= 15 is 0 Å². The van der Waals surface area contributed by atoms with E-state index in [-0.39, 0.29) is 14.7 Å². The summed E-state index contributed by atoms with van der Waals surface area (Å²) in [6, 6.07) is 1.82. The molecule has 0 fully saturated rings. The van der Waals surface area contributed by atoms with E-state index < -0.39 is 0 Å². The second kappa shape index (κ2) is 1.78. The van der Waals surface area contributed by atoms with Crippen molar-refractivity contribution in [3.63, 3.8) is 0 Å². The molecule has 0 aliphatic heterocycles. The van der Waals surface area contributed by atoms with Gasteiger partial charge in [0.25, 0.3) is 0 Å². The van der Waals surface area contributed by atoms with Crippen molar-refractivity contribution in [1.29, 1.82) is 0 Å². The number of halogens is 1. The number of nitrogens with zero attached hydrogens (tertiary/aromatic N) is 1. The van der Waals surface area contributed by atoms with E-state index in [1.54, 1.807) is 6.20 Å². The molecule has 1 aromatic heterocycles. The standard InChI is InChI=1S/C3H2ClNSe/c4-3-1-2-5-6-3/h1-2H. The molecule has 0 aliphatic rings. The molecule has 0 saturated carbocycles. The number of aromatic nitrogens is 1. The molecule has 1 heterocycles. The molecule has 0 aromatic carbocycles. The van der Waals surface area contributed by atoms with Gasteiger partial charge in [0.15, 0.2) is 0 Å². The second-order valence-corrected chi connectivity index (χ2v) is 3.48. The van der Waals surface area contributed by atoms with Crippen LogP contribution in [0.1, 0.15) is 0 Å². The Morgan fingerprint density at radius 1 is 1.83 bits per heavy atom. The van der Waals surface area contributed by atoms with E-state index in [1.807, 2.05) is 6.07 Å². The van der Waals surface area contributed by atoms with Crippen LogP contribution in [0.15, 0.2) is 12.3 Å². The fraction of sp³-hybridized carbons (Fsp3) is 0. The quantitative estimate of drug-likeness (QED) is 0.520. The Hall–Kier alpha value is 0.219. The Balaban J connectivity index is 3.05. The van der Waals surface area contributed by atoms with Crippen LogP contribution in [0, 0.1) is 0 Å². The predicted octanol–water partition coefficient (Wildman–Crippen LogP) is 0.792. The Kier molecular flexibility index (Phi) is 1.30. The topological polar surface area (TPSA) is 12.9 Å². The Morgan fingerprint density at radius 2 is 2.67 bits per heavy atom. The first-order valence-electron chi connectivity index (χ1n) is 1.46. The summed E-state index contributed by atoms with van der Waals surface area (Å²) in [7, 11) is 0. The third-order valence-electron chi connectivity index (χ3n) is 0.406. The zero-order chi connectivity index (χ0) is 4.41. The zero-order valence-electron chi connectivity index (χ0n) is 2.89. The van der Waals surface area contributed by atoms with Gasteiger partial charge in [-0.1, -0.05) is 0 Å². The molecule has 0 unspecified atom stereocenters. The van der Waals surface area contributed by atoms with Crippen molar-refractivity contribution in [2.75, 3.05) is 0 Å². The van der Waals surface area contributed by atoms with E-state index in [9.17, 15) is 0 Å². The average molecular weight is 166 g/mol. The fourth-order valence-electron chi connectivity index (χ4n) is 0.200. The molecule has 6 heavy (non-hydrogen) atoms. The van der Waals surface area contributed by atoms with Crippen molar-refractivity contribution >= 4 is 26.3 Å². The van der Waals surface area contributed by atoms with Crippen LogP contribution in [0.2, 0.25) is 3.90 Å². The first-order chi connectivity index (χ1) is 2.89. The minimum atomic E-state index is 0.224. The van der Waals surface area contributed by atoms with Gasteiger partial charge in [0.05, 0.1) is 0 Å². The summed E-state index contributed by atoms with van der Waals surface area (Å²) in [5.41, 5.74) is 0. The molecule has 1 aromatic rings. The van der Waals surface area contributed by atoms with Crippen molar-refractivity contribution in [2.24, 2.45) is 0 Å². The van der Waals surface area contributed by atoms with Gasteiger partial charge < -0.3 is 0 Å². The van der Waals surface area contributed by atoms with Crippen molar-refractivity contribution in [2.45, 2.75) is 0 Å². The van der Waals surface area contributed by atoms with Crippen LogP contribution in [-0.2, 0) is 0 Å². The molecular formula is C3H2ClNSe. The number of rotatable bonds is 0. The van der Waals surface area contributed by atoms with Gasteiger partial charge in [0.2, 0.25) is 0 Å². The molecule has 1 nitrogen and oxygen atoms in total. The molecule has 1 rings (SSSR count). The summed E-state index contributed by atoms with van der Waals surface area (Å²) in [6.45, 7) is 0.